The molecule has 4 rings (SSSR count). The second-order valence-corrected chi connectivity index (χ2v) is 10.7. The van der Waals surface area contributed by atoms with Crippen LogP contribution in [0, 0.1) is 0 Å². The van der Waals surface area contributed by atoms with E-state index in [9.17, 15) is 13.2 Å². The van der Waals surface area contributed by atoms with Crippen molar-refractivity contribution in [1.82, 2.24) is 4.90 Å². The Hall–Kier alpha value is -2.09. The molecule has 0 bridgehead atoms. The SMILES string of the molecule is CS(=O)(=O)N1CC2(CCN(C(=O)[C@H](N)Cc3ccc(Cl)cc3)CC2)c2ccccc21. The number of rotatable bonds is 4. The van der Waals surface area contributed by atoms with Gasteiger partial charge in [0.05, 0.1) is 18.0 Å². The third-order valence-electron chi connectivity index (χ3n) is 6.31. The van der Waals surface area contributed by atoms with Gasteiger partial charge in [0.25, 0.3) is 0 Å². The number of halogens is 1. The van der Waals surface area contributed by atoms with Crippen LogP contribution in [0.5, 0.6) is 0 Å². The Bertz CT molecular complexity index is 1050. The normalized spacial score (nSPS) is 19.0. The van der Waals surface area contributed by atoms with Crippen molar-refractivity contribution in [3.63, 3.8) is 0 Å². The van der Waals surface area contributed by atoms with Gasteiger partial charge in [-0.15, -0.1) is 0 Å². The van der Waals surface area contributed by atoms with Crippen LogP contribution < -0.4 is 10.0 Å². The number of hydrogen-bond donors (Lipinski definition) is 1. The van der Waals surface area contributed by atoms with Gasteiger partial charge in [0, 0.05) is 30.1 Å². The quantitative estimate of drug-likeness (QED) is 0.780. The van der Waals surface area contributed by atoms with Gasteiger partial charge in [-0.1, -0.05) is 41.9 Å². The number of nitrogens with two attached hydrogens (primary N) is 1. The summed E-state index contributed by atoms with van der Waals surface area (Å²) in [4.78, 5) is 14.7. The van der Waals surface area contributed by atoms with E-state index >= 15 is 0 Å². The zero-order valence-electron chi connectivity index (χ0n) is 16.9. The van der Waals surface area contributed by atoms with Gasteiger partial charge in [-0.3, -0.25) is 9.10 Å². The minimum atomic E-state index is -3.35. The molecule has 1 spiro atoms. The van der Waals surface area contributed by atoms with Crippen LogP contribution in [0.3, 0.4) is 0 Å². The van der Waals surface area contributed by atoms with Crippen molar-refractivity contribution < 1.29 is 13.2 Å². The first kappa shape index (κ1) is 21.2. The molecule has 1 atom stereocenters. The summed E-state index contributed by atoms with van der Waals surface area (Å²) in [5.74, 6) is -0.0638. The predicted octanol–water partition coefficient (Wildman–Crippen LogP) is 2.55. The standard InChI is InChI=1S/C22H26ClN3O3S/c1-30(28,29)26-15-22(18-4-2-3-5-20(18)26)10-12-25(13-11-22)21(27)19(24)14-16-6-8-17(23)9-7-16/h2-9,19H,10-15,24H2,1H3/t19-/m1/s1. The van der Waals surface area contributed by atoms with Gasteiger partial charge in [0.2, 0.25) is 15.9 Å². The van der Waals surface area contributed by atoms with Crippen LogP contribution >= 0.6 is 11.6 Å². The molecule has 1 saturated heterocycles. The number of anilines is 1. The van der Waals surface area contributed by atoms with E-state index < -0.39 is 16.1 Å². The summed E-state index contributed by atoms with van der Waals surface area (Å²) in [6.45, 7) is 1.57. The summed E-state index contributed by atoms with van der Waals surface area (Å²) < 4.78 is 26.1. The van der Waals surface area contributed by atoms with Crippen molar-refractivity contribution in [1.29, 1.82) is 0 Å². The number of carbonyl (C=O) groups is 1. The molecule has 0 aromatic heterocycles. The van der Waals surface area contributed by atoms with E-state index in [-0.39, 0.29) is 11.3 Å². The molecule has 8 heteroatoms. The molecule has 30 heavy (non-hydrogen) atoms. The monoisotopic (exact) mass is 447 g/mol. The van der Waals surface area contributed by atoms with Crippen molar-refractivity contribution in [2.24, 2.45) is 5.73 Å². The molecule has 0 saturated carbocycles. The van der Waals surface area contributed by atoms with Crippen molar-refractivity contribution in [3.8, 4) is 0 Å². The number of hydrogen-bond acceptors (Lipinski definition) is 4. The van der Waals surface area contributed by atoms with Crippen LogP contribution in [0.15, 0.2) is 48.5 Å². The van der Waals surface area contributed by atoms with E-state index in [1.807, 2.05) is 41.3 Å². The molecule has 1 fully saturated rings. The molecule has 2 aromatic carbocycles. The lowest BCUT2D eigenvalue weighted by molar-refractivity contribution is -0.134. The molecular weight excluding hydrogens is 422 g/mol. The third kappa shape index (κ3) is 3.94. The van der Waals surface area contributed by atoms with Crippen LogP contribution in [-0.4, -0.2) is 51.2 Å². The molecule has 160 valence electrons. The second-order valence-electron chi connectivity index (χ2n) is 8.33. The summed E-state index contributed by atoms with van der Waals surface area (Å²) in [5.41, 5.74) is 8.75. The average Bonchev–Trinajstić information content (AvgIpc) is 3.05. The lowest BCUT2D eigenvalue weighted by atomic mass is 9.74. The highest BCUT2D eigenvalue weighted by atomic mass is 35.5. The summed E-state index contributed by atoms with van der Waals surface area (Å²) in [5, 5.41) is 0.653. The van der Waals surface area contributed by atoms with Crippen LogP contribution in [0.1, 0.15) is 24.0 Å². The maximum absolute atomic E-state index is 12.9. The minimum absolute atomic E-state index is 0.0638. The summed E-state index contributed by atoms with van der Waals surface area (Å²) in [7, 11) is -3.35. The first-order chi connectivity index (χ1) is 14.2. The Kier molecular flexibility index (Phi) is 5.55. The first-order valence-corrected chi connectivity index (χ1v) is 12.3. The molecule has 2 heterocycles. The van der Waals surface area contributed by atoms with Gasteiger partial charge in [0.15, 0.2) is 0 Å². The van der Waals surface area contributed by atoms with Crippen molar-refractivity contribution in [2.75, 3.05) is 30.2 Å². The van der Waals surface area contributed by atoms with Gasteiger partial charge < -0.3 is 10.6 Å². The maximum Gasteiger partial charge on any atom is 0.239 e. The highest BCUT2D eigenvalue weighted by molar-refractivity contribution is 7.92. The van der Waals surface area contributed by atoms with E-state index in [2.05, 4.69) is 0 Å². The predicted molar refractivity (Wildman–Crippen MR) is 119 cm³/mol. The fraction of sp³-hybridized carbons (Fsp3) is 0.409. The summed E-state index contributed by atoms with van der Waals surface area (Å²) >= 11 is 5.92. The maximum atomic E-state index is 12.9. The largest absolute Gasteiger partial charge is 0.341 e. The van der Waals surface area contributed by atoms with Crippen LogP contribution in [0.25, 0.3) is 0 Å². The van der Waals surface area contributed by atoms with E-state index in [4.69, 9.17) is 17.3 Å². The van der Waals surface area contributed by atoms with Gasteiger partial charge in [-0.2, -0.15) is 0 Å². The highest BCUT2D eigenvalue weighted by Crippen LogP contribution is 2.47. The van der Waals surface area contributed by atoms with Gasteiger partial charge in [0.1, 0.15) is 0 Å². The molecule has 0 radical (unpaired) electrons. The molecular formula is C22H26ClN3O3S. The van der Waals surface area contributed by atoms with Gasteiger partial charge >= 0.3 is 0 Å². The molecule has 2 aliphatic heterocycles. The number of amides is 1. The Morgan fingerprint density at radius 2 is 1.77 bits per heavy atom. The van der Waals surface area contributed by atoms with E-state index in [0.29, 0.717) is 31.1 Å². The second kappa shape index (κ2) is 7.87. The Balaban J connectivity index is 1.46. The molecule has 0 unspecified atom stereocenters. The number of piperidine rings is 1. The Labute approximate surface area is 182 Å². The van der Waals surface area contributed by atoms with Crippen molar-refractivity contribution in [3.05, 3.63) is 64.7 Å². The zero-order chi connectivity index (χ0) is 21.5. The number of carbonyl (C=O) groups excluding carboxylic acids is 1. The smallest absolute Gasteiger partial charge is 0.239 e. The molecule has 2 N–H and O–H groups in total. The molecule has 6 nitrogen and oxygen atoms in total. The number of fused-ring (bicyclic) bond motifs is 2. The van der Waals surface area contributed by atoms with E-state index in [0.717, 1.165) is 29.7 Å². The fourth-order valence-electron chi connectivity index (χ4n) is 4.66. The van der Waals surface area contributed by atoms with Crippen LogP contribution in [0.2, 0.25) is 5.02 Å². The first-order valence-electron chi connectivity index (χ1n) is 10.1. The van der Waals surface area contributed by atoms with E-state index in [1.54, 1.807) is 12.1 Å². The Morgan fingerprint density at radius 1 is 1.13 bits per heavy atom. The van der Waals surface area contributed by atoms with Gasteiger partial charge in [-0.05, 0) is 48.6 Å². The van der Waals surface area contributed by atoms with E-state index in [1.165, 1.54) is 10.6 Å². The Morgan fingerprint density at radius 3 is 2.40 bits per heavy atom. The number of para-hydroxylation sites is 1. The number of benzene rings is 2. The average molecular weight is 448 g/mol. The fourth-order valence-corrected chi connectivity index (χ4v) is 5.78. The summed E-state index contributed by atoms with van der Waals surface area (Å²) in [6.07, 6.45) is 3.14. The number of likely N-dealkylation sites (tertiary alicyclic amines) is 1. The minimum Gasteiger partial charge on any atom is -0.341 e. The summed E-state index contributed by atoms with van der Waals surface area (Å²) in [6, 6.07) is 14.5. The van der Waals surface area contributed by atoms with Gasteiger partial charge in [-0.25, -0.2) is 8.42 Å². The van der Waals surface area contributed by atoms with Crippen LogP contribution in [-0.2, 0) is 26.7 Å². The number of nitrogens with zero attached hydrogens (tertiary/aromatic N) is 2. The molecule has 1 amide bonds. The molecule has 2 aromatic rings. The third-order valence-corrected chi connectivity index (χ3v) is 7.69. The van der Waals surface area contributed by atoms with Crippen LogP contribution in [0.4, 0.5) is 5.69 Å². The topological polar surface area (TPSA) is 83.7 Å². The van der Waals surface area contributed by atoms with Crippen molar-refractivity contribution in [2.45, 2.75) is 30.7 Å². The van der Waals surface area contributed by atoms with Crippen molar-refractivity contribution >= 4 is 33.2 Å². The molecule has 0 aliphatic carbocycles. The zero-order valence-corrected chi connectivity index (χ0v) is 18.5. The molecule has 2 aliphatic rings. The lowest BCUT2D eigenvalue weighted by Crippen LogP contribution is -2.52. The highest BCUT2D eigenvalue weighted by Gasteiger charge is 2.47. The number of sulfonamides is 1. The lowest BCUT2D eigenvalue weighted by Gasteiger charge is -2.40.